The molecule has 0 heterocycles. The van der Waals surface area contributed by atoms with Crippen molar-refractivity contribution in [2.45, 2.75) is 31.0 Å². The minimum Gasteiger partial charge on any atom is -0.496 e. The van der Waals surface area contributed by atoms with E-state index >= 15 is 0 Å². The van der Waals surface area contributed by atoms with Gasteiger partial charge in [0.2, 0.25) is 0 Å². The van der Waals surface area contributed by atoms with Crippen LogP contribution in [0.4, 0.5) is 0 Å². The van der Waals surface area contributed by atoms with E-state index < -0.39 is 11.7 Å². The van der Waals surface area contributed by atoms with E-state index in [1.807, 2.05) is 24.3 Å². The molecular formula is C13H18O3. The molecule has 88 valence electrons. The van der Waals surface area contributed by atoms with E-state index in [0.29, 0.717) is 0 Å². The highest BCUT2D eigenvalue weighted by Crippen LogP contribution is 2.46. The van der Waals surface area contributed by atoms with E-state index in [0.717, 1.165) is 30.6 Å². The average Bonchev–Trinajstić information content (AvgIpc) is 2.28. The fraction of sp³-hybridized carbons (Fsp3) is 0.538. The highest BCUT2D eigenvalue weighted by molar-refractivity contribution is 5.37. The number of ether oxygens (including phenoxy) is 2. The third-order valence-electron chi connectivity index (χ3n) is 3.54. The first-order chi connectivity index (χ1) is 7.73. The molecular weight excluding hydrogens is 204 g/mol. The van der Waals surface area contributed by atoms with Gasteiger partial charge in [0, 0.05) is 12.7 Å². The van der Waals surface area contributed by atoms with Gasteiger partial charge in [-0.1, -0.05) is 18.2 Å². The summed E-state index contributed by atoms with van der Waals surface area (Å²) in [5, 5.41) is 10.4. The zero-order valence-corrected chi connectivity index (χ0v) is 9.77. The van der Waals surface area contributed by atoms with Crippen LogP contribution in [-0.4, -0.2) is 24.9 Å². The van der Waals surface area contributed by atoms with Gasteiger partial charge in [-0.15, -0.1) is 0 Å². The Morgan fingerprint density at radius 3 is 2.44 bits per heavy atom. The molecule has 0 aliphatic heterocycles. The number of para-hydroxylation sites is 1. The Balaban J connectivity index is 2.29. The molecule has 1 aliphatic rings. The van der Waals surface area contributed by atoms with Gasteiger partial charge in [-0.2, -0.15) is 0 Å². The Morgan fingerprint density at radius 1 is 1.25 bits per heavy atom. The van der Waals surface area contributed by atoms with Gasteiger partial charge in [-0.25, -0.2) is 0 Å². The molecule has 0 bridgehead atoms. The average molecular weight is 222 g/mol. The van der Waals surface area contributed by atoms with Gasteiger partial charge in [0.25, 0.3) is 0 Å². The van der Waals surface area contributed by atoms with Gasteiger partial charge in [-0.3, -0.25) is 0 Å². The molecule has 0 saturated heterocycles. The van der Waals surface area contributed by atoms with Crippen LogP contribution in [0, 0.1) is 0 Å². The monoisotopic (exact) mass is 222 g/mol. The summed E-state index contributed by atoms with van der Waals surface area (Å²) in [7, 11) is 3.28. The lowest BCUT2D eigenvalue weighted by Crippen LogP contribution is -2.45. The number of hydrogen-bond donors (Lipinski definition) is 1. The Bertz CT molecular complexity index is 352. The van der Waals surface area contributed by atoms with E-state index in [1.54, 1.807) is 14.2 Å². The smallest absolute Gasteiger partial charge is 0.124 e. The largest absolute Gasteiger partial charge is 0.496 e. The highest BCUT2D eigenvalue weighted by Gasteiger charge is 2.45. The first-order valence-corrected chi connectivity index (χ1v) is 5.59. The Labute approximate surface area is 96.0 Å². The molecule has 3 nitrogen and oxygen atoms in total. The molecule has 2 rings (SSSR count). The standard InChI is InChI=1S/C13H18O3/c1-15-11-7-4-3-6-10(11)12(14)13(16-2)8-5-9-13/h3-4,6-7,12,14H,5,8-9H2,1-2H3. The van der Waals surface area contributed by atoms with Crippen molar-refractivity contribution < 1.29 is 14.6 Å². The second-order valence-corrected chi connectivity index (χ2v) is 4.27. The van der Waals surface area contributed by atoms with Crippen LogP contribution in [0.3, 0.4) is 0 Å². The molecule has 0 spiro atoms. The predicted octanol–water partition coefficient (Wildman–Crippen LogP) is 2.30. The van der Waals surface area contributed by atoms with Gasteiger partial charge in [-0.05, 0) is 25.3 Å². The first-order valence-electron chi connectivity index (χ1n) is 5.59. The highest BCUT2D eigenvalue weighted by atomic mass is 16.5. The van der Waals surface area contributed by atoms with Crippen LogP contribution in [0.15, 0.2) is 24.3 Å². The molecule has 1 saturated carbocycles. The SMILES string of the molecule is COc1ccccc1C(O)C1(OC)CCC1. The number of aliphatic hydroxyl groups is 1. The van der Waals surface area contributed by atoms with E-state index in [2.05, 4.69) is 0 Å². The molecule has 3 heteroatoms. The minimum atomic E-state index is -0.609. The van der Waals surface area contributed by atoms with E-state index in [1.165, 1.54) is 0 Å². The van der Waals surface area contributed by atoms with Crippen molar-refractivity contribution >= 4 is 0 Å². The Kier molecular flexibility index (Phi) is 3.17. The number of rotatable bonds is 4. The zero-order valence-electron chi connectivity index (χ0n) is 9.77. The predicted molar refractivity (Wildman–Crippen MR) is 61.5 cm³/mol. The molecule has 0 radical (unpaired) electrons. The minimum absolute atomic E-state index is 0.408. The topological polar surface area (TPSA) is 38.7 Å². The van der Waals surface area contributed by atoms with Gasteiger partial charge < -0.3 is 14.6 Å². The van der Waals surface area contributed by atoms with Gasteiger partial charge >= 0.3 is 0 Å². The molecule has 16 heavy (non-hydrogen) atoms. The summed E-state index contributed by atoms with van der Waals surface area (Å²) in [6.45, 7) is 0. The van der Waals surface area contributed by atoms with Crippen molar-refractivity contribution in [3.8, 4) is 5.75 Å². The van der Waals surface area contributed by atoms with Crippen molar-refractivity contribution in [1.29, 1.82) is 0 Å². The van der Waals surface area contributed by atoms with Crippen LogP contribution in [-0.2, 0) is 4.74 Å². The summed E-state index contributed by atoms with van der Waals surface area (Å²) in [5.41, 5.74) is 0.404. The molecule has 1 aromatic rings. The van der Waals surface area contributed by atoms with Crippen molar-refractivity contribution in [2.24, 2.45) is 0 Å². The molecule has 0 aromatic heterocycles. The van der Waals surface area contributed by atoms with Crippen LogP contribution in [0.1, 0.15) is 30.9 Å². The summed E-state index contributed by atoms with van der Waals surface area (Å²) in [6.07, 6.45) is 2.31. The van der Waals surface area contributed by atoms with Gasteiger partial charge in [0.05, 0.1) is 12.7 Å². The Morgan fingerprint density at radius 2 is 1.94 bits per heavy atom. The molecule has 0 amide bonds. The lowest BCUT2D eigenvalue weighted by Gasteiger charge is -2.44. The second-order valence-electron chi connectivity index (χ2n) is 4.27. The number of hydrogen-bond acceptors (Lipinski definition) is 3. The van der Waals surface area contributed by atoms with Crippen LogP contribution in [0.25, 0.3) is 0 Å². The molecule has 1 unspecified atom stereocenters. The number of aliphatic hydroxyl groups excluding tert-OH is 1. The molecule has 1 fully saturated rings. The quantitative estimate of drug-likeness (QED) is 0.849. The number of benzene rings is 1. The van der Waals surface area contributed by atoms with E-state index in [4.69, 9.17) is 9.47 Å². The van der Waals surface area contributed by atoms with Crippen LogP contribution in [0.2, 0.25) is 0 Å². The zero-order chi connectivity index (χ0) is 11.6. The van der Waals surface area contributed by atoms with Crippen molar-refractivity contribution in [2.75, 3.05) is 14.2 Å². The lowest BCUT2D eigenvalue weighted by molar-refractivity contribution is -0.152. The number of methoxy groups -OCH3 is 2. The third kappa shape index (κ3) is 1.70. The van der Waals surface area contributed by atoms with E-state index in [9.17, 15) is 5.11 Å². The van der Waals surface area contributed by atoms with Gasteiger partial charge in [0.1, 0.15) is 11.9 Å². The maximum atomic E-state index is 10.4. The normalized spacial score (nSPS) is 19.9. The maximum Gasteiger partial charge on any atom is 0.124 e. The fourth-order valence-electron chi connectivity index (χ4n) is 2.29. The summed E-state index contributed by atoms with van der Waals surface area (Å²) in [6, 6.07) is 7.56. The summed E-state index contributed by atoms with van der Waals surface area (Å²) in [4.78, 5) is 0. The van der Waals surface area contributed by atoms with Crippen LogP contribution in [0.5, 0.6) is 5.75 Å². The summed E-state index contributed by atoms with van der Waals surface area (Å²) in [5.74, 6) is 0.721. The molecule has 1 atom stereocenters. The Hall–Kier alpha value is -1.06. The van der Waals surface area contributed by atoms with Crippen molar-refractivity contribution in [3.05, 3.63) is 29.8 Å². The van der Waals surface area contributed by atoms with E-state index in [-0.39, 0.29) is 0 Å². The molecule has 1 aliphatic carbocycles. The first kappa shape index (κ1) is 11.4. The molecule has 1 N–H and O–H groups in total. The third-order valence-corrected chi connectivity index (χ3v) is 3.54. The molecule has 1 aromatic carbocycles. The van der Waals surface area contributed by atoms with Crippen LogP contribution < -0.4 is 4.74 Å². The second kappa shape index (κ2) is 4.44. The summed E-state index contributed by atoms with van der Waals surface area (Å²) < 4.78 is 10.7. The van der Waals surface area contributed by atoms with Gasteiger partial charge in [0.15, 0.2) is 0 Å². The van der Waals surface area contributed by atoms with Crippen molar-refractivity contribution in [1.82, 2.24) is 0 Å². The summed E-state index contributed by atoms with van der Waals surface area (Å²) >= 11 is 0. The fourth-order valence-corrected chi connectivity index (χ4v) is 2.29. The van der Waals surface area contributed by atoms with Crippen LogP contribution >= 0.6 is 0 Å². The lowest BCUT2D eigenvalue weighted by atomic mass is 9.73. The van der Waals surface area contributed by atoms with Crippen molar-refractivity contribution in [3.63, 3.8) is 0 Å². The maximum absolute atomic E-state index is 10.4.